The largest absolute Gasteiger partial charge is 0.366 e. The Morgan fingerprint density at radius 3 is 1.67 bits per heavy atom. The zero-order valence-electron chi connectivity index (χ0n) is 12.8. The van der Waals surface area contributed by atoms with Gasteiger partial charge in [0.2, 0.25) is 0 Å². The SMILES string of the molecule is CC(=O)CCCCNc1nsnc1NCCCCC(C)=O. The zero-order valence-corrected chi connectivity index (χ0v) is 13.6. The highest BCUT2D eigenvalue weighted by molar-refractivity contribution is 6.99. The number of aromatic nitrogens is 2. The number of nitrogens with zero attached hydrogens (tertiary/aromatic N) is 2. The normalized spacial score (nSPS) is 10.4. The third-order valence-corrected chi connectivity index (χ3v) is 3.51. The Morgan fingerprint density at radius 2 is 1.29 bits per heavy atom. The van der Waals surface area contributed by atoms with Crippen LogP contribution in [0.3, 0.4) is 0 Å². The van der Waals surface area contributed by atoms with Crippen molar-refractivity contribution in [3.05, 3.63) is 0 Å². The van der Waals surface area contributed by atoms with Gasteiger partial charge in [-0.15, -0.1) is 0 Å². The molecule has 0 aliphatic carbocycles. The van der Waals surface area contributed by atoms with E-state index >= 15 is 0 Å². The molecule has 21 heavy (non-hydrogen) atoms. The molecule has 0 radical (unpaired) electrons. The summed E-state index contributed by atoms with van der Waals surface area (Å²) in [6, 6.07) is 0. The Morgan fingerprint density at radius 1 is 0.857 bits per heavy atom. The van der Waals surface area contributed by atoms with E-state index in [2.05, 4.69) is 19.4 Å². The lowest BCUT2D eigenvalue weighted by molar-refractivity contribution is -0.117. The molecule has 0 unspecified atom stereocenters. The molecule has 118 valence electrons. The molecule has 1 rings (SSSR count). The van der Waals surface area contributed by atoms with Crippen molar-refractivity contribution in [2.75, 3.05) is 23.7 Å². The summed E-state index contributed by atoms with van der Waals surface area (Å²) >= 11 is 1.17. The fourth-order valence-corrected chi connectivity index (χ4v) is 2.34. The molecule has 0 spiro atoms. The summed E-state index contributed by atoms with van der Waals surface area (Å²) in [4.78, 5) is 21.7. The minimum absolute atomic E-state index is 0.234. The van der Waals surface area contributed by atoms with Gasteiger partial charge in [-0.3, -0.25) is 0 Å². The van der Waals surface area contributed by atoms with Crippen molar-refractivity contribution < 1.29 is 9.59 Å². The predicted octanol–water partition coefficient (Wildman–Crippen LogP) is 2.88. The number of hydrogen-bond donors (Lipinski definition) is 2. The summed E-state index contributed by atoms with van der Waals surface area (Å²) in [6.07, 6.45) is 4.95. The van der Waals surface area contributed by atoms with Crippen molar-refractivity contribution in [3.8, 4) is 0 Å². The first-order chi connectivity index (χ1) is 10.1. The van der Waals surface area contributed by atoms with Gasteiger partial charge in [-0.2, -0.15) is 8.75 Å². The second-order valence-electron chi connectivity index (χ2n) is 5.13. The summed E-state index contributed by atoms with van der Waals surface area (Å²) in [7, 11) is 0. The van der Waals surface area contributed by atoms with Gasteiger partial charge in [0.1, 0.15) is 11.6 Å². The van der Waals surface area contributed by atoms with Crippen LogP contribution in [-0.2, 0) is 9.59 Å². The number of hydrogen-bond acceptors (Lipinski definition) is 7. The van der Waals surface area contributed by atoms with E-state index in [1.807, 2.05) is 0 Å². The molecule has 0 saturated carbocycles. The molecule has 0 aliphatic heterocycles. The van der Waals surface area contributed by atoms with Gasteiger partial charge in [0.05, 0.1) is 11.7 Å². The van der Waals surface area contributed by atoms with Crippen molar-refractivity contribution in [1.82, 2.24) is 8.75 Å². The van der Waals surface area contributed by atoms with E-state index in [0.29, 0.717) is 12.8 Å². The Balaban J connectivity index is 2.17. The average molecular weight is 312 g/mol. The van der Waals surface area contributed by atoms with Crippen molar-refractivity contribution in [1.29, 1.82) is 0 Å². The summed E-state index contributed by atoms with van der Waals surface area (Å²) in [6.45, 7) is 4.81. The lowest BCUT2D eigenvalue weighted by Crippen LogP contribution is -2.08. The standard InChI is InChI=1S/C14H24N4O2S/c1-11(19)7-3-5-9-15-13-14(18-21-17-13)16-10-6-4-8-12(2)20/h3-10H2,1-2H3,(H,15,17)(H,16,18). The lowest BCUT2D eigenvalue weighted by Gasteiger charge is -2.06. The van der Waals surface area contributed by atoms with Crippen LogP contribution in [0, 0.1) is 0 Å². The molecule has 6 nitrogen and oxygen atoms in total. The number of Topliss-reactive ketones (excluding diaryl/α,β-unsaturated/α-hetero) is 2. The lowest BCUT2D eigenvalue weighted by atomic mass is 10.2. The Labute approximate surface area is 130 Å². The fourth-order valence-electron chi connectivity index (χ4n) is 1.83. The number of unbranched alkanes of at least 4 members (excludes halogenated alkanes) is 2. The summed E-state index contributed by atoms with van der Waals surface area (Å²) in [5.41, 5.74) is 0. The van der Waals surface area contributed by atoms with Gasteiger partial charge in [0.25, 0.3) is 0 Å². The molecule has 2 N–H and O–H groups in total. The van der Waals surface area contributed by atoms with E-state index < -0.39 is 0 Å². The van der Waals surface area contributed by atoms with E-state index in [4.69, 9.17) is 0 Å². The van der Waals surface area contributed by atoms with E-state index in [-0.39, 0.29) is 11.6 Å². The smallest absolute Gasteiger partial charge is 0.184 e. The van der Waals surface area contributed by atoms with E-state index in [1.165, 1.54) is 11.7 Å². The molecule has 0 fully saturated rings. The number of ketones is 2. The highest BCUT2D eigenvalue weighted by Crippen LogP contribution is 2.18. The van der Waals surface area contributed by atoms with Gasteiger partial charge < -0.3 is 20.2 Å². The van der Waals surface area contributed by atoms with E-state index in [1.54, 1.807) is 13.8 Å². The Kier molecular flexibility index (Phi) is 8.57. The Hall–Kier alpha value is -1.50. The molecular formula is C14H24N4O2S. The zero-order chi connectivity index (χ0) is 15.5. The molecule has 1 heterocycles. The highest BCUT2D eigenvalue weighted by atomic mass is 32.1. The number of anilines is 2. The van der Waals surface area contributed by atoms with Gasteiger partial charge in [0, 0.05) is 25.9 Å². The second kappa shape index (κ2) is 10.3. The topological polar surface area (TPSA) is 84.0 Å². The molecule has 0 amide bonds. The van der Waals surface area contributed by atoms with E-state index in [0.717, 1.165) is 50.4 Å². The van der Waals surface area contributed by atoms with Crippen LogP contribution in [0.2, 0.25) is 0 Å². The van der Waals surface area contributed by atoms with Crippen LogP contribution in [0.25, 0.3) is 0 Å². The second-order valence-corrected chi connectivity index (χ2v) is 5.66. The first-order valence-electron chi connectivity index (χ1n) is 7.38. The summed E-state index contributed by atoms with van der Waals surface area (Å²) in [5, 5.41) is 6.47. The monoisotopic (exact) mass is 312 g/mol. The van der Waals surface area contributed by atoms with Crippen LogP contribution < -0.4 is 10.6 Å². The molecule has 0 bridgehead atoms. The van der Waals surface area contributed by atoms with Crippen LogP contribution in [0.5, 0.6) is 0 Å². The van der Waals surface area contributed by atoms with Gasteiger partial charge in [-0.25, -0.2) is 0 Å². The maximum atomic E-state index is 10.8. The molecule has 1 aromatic heterocycles. The number of rotatable bonds is 12. The Bertz CT molecular complexity index is 409. The van der Waals surface area contributed by atoms with Crippen molar-refractivity contribution in [2.24, 2.45) is 0 Å². The number of nitrogens with one attached hydrogen (secondary N) is 2. The maximum Gasteiger partial charge on any atom is 0.184 e. The van der Waals surface area contributed by atoms with Crippen molar-refractivity contribution in [3.63, 3.8) is 0 Å². The molecule has 0 saturated heterocycles. The van der Waals surface area contributed by atoms with Gasteiger partial charge in [0.15, 0.2) is 11.6 Å². The van der Waals surface area contributed by atoms with Crippen LogP contribution in [0.15, 0.2) is 0 Å². The molecule has 0 atom stereocenters. The number of carbonyl (C=O) groups is 2. The van der Waals surface area contributed by atoms with Crippen LogP contribution in [0.1, 0.15) is 52.4 Å². The van der Waals surface area contributed by atoms with Gasteiger partial charge in [-0.1, -0.05) is 0 Å². The maximum absolute atomic E-state index is 10.8. The van der Waals surface area contributed by atoms with Crippen molar-refractivity contribution in [2.45, 2.75) is 52.4 Å². The van der Waals surface area contributed by atoms with Gasteiger partial charge in [-0.05, 0) is 39.5 Å². The minimum Gasteiger partial charge on any atom is -0.366 e. The first kappa shape index (κ1) is 17.6. The van der Waals surface area contributed by atoms with Crippen LogP contribution >= 0.6 is 11.7 Å². The third-order valence-electron chi connectivity index (χ3n) is 2.98. The molecule has 1 aromatic rings. The van der Waals surface area contributed by atoms with Crippen LogP contribution in [0.4, 0.5) is 11.6 Å². The quantitative estimate of drug-likeness (QED) is 0.577. The molecular weight excluding hydrogens is 288 g/mol. The van der Waals surface area contributed by atoms with Crippen molar-refractivity contribution >= 4 is 34.9 Å². The first-order valence-corrected chi connectivity index (χ1v) is 8.12. The summed E-state index contributed by atoms with van der Waals surface area (Å²) in [5.74, 6) is 2.01. The number of carbonyl (C=O) groups excluding carboxylic acids is 2. The average Bonchev–Trinajstić information content (AvgIpc) is 2.85. The predicted molar refractivity (Wildman–Crippen MR) is 86.0 cm³/mol. The van der Waals surface area contributed by atoms with Gasteiger partial charge >= 0.3 is 0 Å². The third kappa shape index (κ3) is 8.39. The molecule has 7 heteroatoms. The highest BCUT2D eigenvalue weighted by Gasteiger charge is 2.06. The molecule has 0 aliphatic rings. The molecule has 0 aromatic carbocycles. The minimum atomic E-state index is 0.234. The fraction of sp³-hybridized carbons (Fsp3) is 0.714. The van der Waals surface area contributed by atoms with Crippen LogP contribution in [-0.4, -0.2) is 33.4 Å². The van der Waals surface area contributed by atoms with E-state index in [9.17, 15) is 9.59 Å². The summed E-state index contributed by atoms with van der Waals surface area (Å²) < 4.78 is 8.42.